The molecule has 2 aromatic carbocycles. The highest BCUT2D eigenvalue weighted by molar-refractivity contribution is 5.87. The highest BCUT2D eigenvalue weighted by Gasteiger charge is 2.06. The first kappa shape index (κ1) is 16.0. The number of aromatic nitrogens is 2. The molecule has 1 aromatic heterocycles. The van der Waals surface area contributed by atoms with Gasteiger partial charge in [0.25, 0.3) is 0 Å². The zero-order valence-corrected chi connectivity index (χ0v) is 13.5. The number of benzene rings is 2. The summed E-state index contributed by atoms with van der Waals surface area (Å²) in [6.07, 6.45) is 3.69. The monoisotopic (exact) mass is 321 g/mol. The fourth-order valence-electron chi connectivity index (χ4n) is 2.65. The van der Waals surface area contributed by atoms with Gasteiger partial charge in [0, 0.05) is 25.5 Å². The molecule has 0 spiro atoms. The smallest absolute Gasteiger partial charge is 0.335 e. The molecule has 1 N–H and O–H groups in total. The quantitative estimate of drug-likeness (QED) is 0.757. The molecule has 0 bridgehead atoms. The van der Waals surface area contributed by atoms with Crippen LogP contribution < -0.4 is 0 Å². The van der Waals surface area contributed by atoms with Crippen LogP contribution in [-0.2, 0) is 13.1 Å². The fraction of sp³-hybridized carbons (Fsp3) is 0.158. The molecule has 0 radical (unpaired) electrons. The van der Waals surface area contributed by atoms with Gasteiger partial charge < -0.3 is 5.11 Å². The average Bonchev–Trinajstić information content (AvgIpc) is 3.10. The molecule has 0 saturated heterocycles. The van der Waals surface area contributed by atoms with Crippen LogP contribution in [0.25, 0.3) is 5.69 Å². The van der Waals surface area contributed by atoms with Crippen LogP contribution in [0.5, 0.6) is 0 Å². The van der Waals surface area contributed by atoms with Crippen LogP contribution in [0.15, 0.2) is 67.0 Å². The molecular weight excluding hydrogens is 302 g/mol. The molecule has 0 aliphatic heterocycles. The van der Waals surface area contributed by atoms with E-state index in [4.69, 9.17) is 5.11 Å². The number of carbonyl (C=O) groups is 1. The molecule has 0 atom stereocenters. The number of aromatic carboxylic acids is 1. The molecule has 0 unspecified atom stereocenters. The van der Waals surface area contributed by atoms with Crippen molar-refractivity contribution >= 4 is 5.97 Å². The van der Waals surface area contributed by atoms with Gasteiger partial charge in [0.05, 0.1) is 11.3 Å². The average molecular weight is 321 g/mol. The zero-order valence-electron chi connectivity index (χ0n) is 13.5. The summed E-state index contributed by atoms with van der Waals surface area (Å²) in [6.45, 7) is 1.56. The first-order valence-corrected chi connectivity index (χ1v) is 7.71. The highest BCUT2D eigenvalue weighted by Crippen LogP contribution is 2.13. The van der Waals surface area contributed by atoms with Gasteiger partial charge in [-0.05, 0) is 48.5 Å². The molecule has 122 valence electrons. The van der Waals surface area contributed by atoms with Crippen molar-refractivity contribution in [2.45, 2.75) is 13.1 Å². The van der Waals surface area contributed by atoms with Crippen LogP contribution in [0.4, 0.5) is 0 Å². The van der Waals surface area contributed by atoms with E-state index in [1.54, 1.807) is 18.3 Å². The number of rotatable bonds is 6. The van der Waals surface area contributed by atoms with Gasteiger partial charge in [-0.2, -0.15) is 5.10 Å². The summed E-state index contributed by atoms with van der Waals surface area (Å²) in [6, 6.07) is 17.2. The van der Waals surface area contributed by atoms with E-state index < -0.39 is 5.97 Å². The Kier molecular flexibility index (Phi) is 4.72. The highest BCUT2D eigenvalue weighted by atomic mass is 16.4. The molecule has 3 rings (SSSR count). The van der Waals surface area contributed by atoms with Gasteiger partial charge in [0.15, 0.2) is 0 Å². The maximum Gasteiger partial charge on any atom is 0.335 e. The van der Waals surface area contributed by atoms with Crippen LogP contribution in [0.1, 0.15) is 21.5 Å². The summed E-state index contributed by atoms with van der Waals surface area (Å²) in [5.74, 6) is -0.898. The number of carboxylic acid groups (broad SMARTS) is 1. The minimum absolute atomic E-state index is 0.313. The van der Waals surface area contributed by atoms with Crippen molar-refractivity contribution in [1.82, 2.24) is 14.7 Å². The lowest BCUT2D eigenvalue weighted by Crippen LogP contribution is -2.17. The Bertz CT molecular complexity index is 811. The second-order valence-corrected chi connectivity index (χ2v) is 5.79. The van der Waals surface area contributed by atoms with Gasteiger partial charge in [-0.3, -0.25) is 4.90 Å². The zero-order chi connectivity index (χ0) is 16.9. The van der Waals surface area contributed by atoms with Gasteiger partial charge in [0.1, 0.15) is 0 Å². The summed E-state index contributed by atoms with van der Waals surface area (Å²) in [4.78, 5) is 13.1. The molecule has 0 aliphatic carbocycles. The molecule has 3 aromatic rings. The molecule has 5 nitrogen and oxygen atoms in total. The second-order valence-electron chi connectivity index (χ2n) is 5.79. The molecule has 1 heterocycles. The van der Waals surface area contributed by atoms with E-state index in [-0.39, 0.29) is 0 Å². The Morgan fingerprint density at radius 2 is 1.83 bits per heavy atom. The van der Waals surface area contributed by atoms with E-state index in [0.29, 0.717) is 5.56 Å². The molecule has 0 saturated carbocycles. The summed E-state index contributed by atoms with van der Waals surface area (Å²) in [7, 11) is 2.05. The molecule has 0 fully saturated rings. The predicted octanol–water partition coefficient (Wildman–Crippen LogP) is 3.20. The predicted molar refractivity (Wildman–Crippen MR) is 92.1 cm³/mol. The topological polar surface area (TPSA) is 58.4 Å². The number of hydrogen-bond donors (Lipinski definition) is 1. The lowest BCUT2D eigenvalue weighted by atomic mass is 10.1. The largest absolute Gasteiger partial charge is 0.478 e. The molecular formula is C19H19N3O2. The van der Waals surface area contributed by atoms with Crippen molar-refractivity contribution in [3.63, 3.8) is 0 Å². The Hall–Kier alpha value is -2.92. The summed E-state index contributed by atoms with van der Waals surface area (Å²) in [5.41, 5.74) is 3.64. The molecule has 0 amide bonds. The minimum atomic E-state index is -0.898. The first-order valence-electron chi connectivity index (χ1n) is 7.71. The molecule has 24 heavy (non-hydrogen) atoms. The van der Waals surface area contributed by atoms with Crippen LogP contribution >= 0.6 is 0 Å². The Labute approximate surface area is 140 Å². The Morgan fingerprint density at radius 1 is 1.08 bits per heavy atom. The van der Waals surface area contributed by atoms with E-state index in [0.717, 1.165) is 24.3 Å². The van der Waals surface area contributed by atoms with E-state index in [9.17, 15) is 4.79 Å². The Balaban J connectivity index is 1.65. The maximum absolute atomic E-state index is 10.9. The van der Waals surface area contributed by atoms with Crippen molar-refractivity contribution in [1.29, 1.82) is 0 Å². The van der Waals surface area contributed by atoms with Crippen LogP contribution in [0, 0.1) is 0 Å². The third-order valence-corrected chi connectivity index (χ3v) is 3.79. The van der Waals surface area contributed by atoms with Crippen LogP contribution in [-0.4, -0.2) is 32.8 Å². The van der Waals surface area contributed by atoms with Gasteiger partial charge in [-0.25, -0.2) is 9.48 Å². The van der Waals surface area contributed by atoms with Gasteiger partial charge in [-0.1, -0.05) is 24.3 Å². The van der Waals surface area contributed by atoms with Crippen molar-refractivity contribution in [3.8, 4) is 5.69 Å². The van der Waals surface area contributed by atoms with Crippen LogP contribution in [0.3, 0.4) is 0 Å². The summed E-state index contributed by atoms with van der Waals surface area (Å²) >= 11 is 0. The third kappa shape index (κ3) is 3.88. The standard InChI is InChI=1S/C19H19N3O2/c1-21(13-15-6-8-17(9-7-15)19(23)24)14-16-4-2-5-18(12-16)22-11-3-10-20-22/h2-12H,13-14H2,1H3,(H,23,24). The third-order valence-electron chi connectivity index (χ3n) is 3.79. The van der Waals surface area contributed by atoms with Crippen molar-refractivity contribution in [2.24, 2.45) is 0 Å². The minimum Gasteiger partial charge on any atom is -0.478 e. The summed E-state index contributed by atoms with van der Waals surface area (Å²) in [5, 5.41) is 13.2. The van der Waals surface area contributed by atoms with Crippen molar-refractivity contribution in [3.05, 3.63) is 83.7 Å². The van der Waals surface area contributed by atoms with Crippen molar-refractivity contribution < 1.29 is 9.90 Å². The normalized spacial score (nSPS) is 10.9. The lowest BCUT2D eigenvalue weighted by molar-refractivity contribution is 0.0697. The van der Waals surface area contributed by atoms with E-state index in [2.05, 4.69) is 22.1 Å². The van der Waals surface area contributed by atoms with Gasteiger partial charge in [0.2, 0.25) is 0 Å². The molecule has 0 aliphatic rings. The molecule has 5 heteroatoms. The SMILES string of the molecule is CN(Cc1ccc(C(=O)O)cc1)Cc1cccc(-n2cccn2)c1. The summed E-state index contributed by atoms with van der Waals surface area (Å²) < 4.78 is 1.84. The second kappa shape index (κ2) is 7.10. The fourth-order valence-corrected chi connectivity index (χ4v) is 2.65. The first-order chi connectivity index (χ1) is 11.6. The lowest BCUT2D eigenvalue weighted by Gasteiger charge is -2.17. The van der Waals surface area contributed by atoms with E-state index in [1.165, 1.54) is 5.56 Å². The number of hydrogen-bond acceptors (Lipinski definition) is 3. The Morgan fingerprint density at radius 3 is 2.50 bits per heavy atom. The number of nitrogens with zero attached hydrogens (tertiary/aromatic N) is 3. The van der Waals surface area contributed by atoms with Gasteiger partial charge in [-0.15, -0.1) is 0 Å². The van der Waals surface area contributed by atoms with Crippen molar-refractivity contribution in [2.75, 3.05) is 7.05 Å². The maximum atomic E-state index is 10.9. The van der Waals surface area contributed by atoms with E-state index in [1.807, 2.05) is 48.3 Å². The van der Waals surface area contributed by atoms with Gasteiger partial charge >= 0.3 is 5.97 Å². The van der Waals surface area contributed by atoms with E-state index >= 15 is 0 Å². The van der Waals surface area contributed by atoms with Crippen LogP contribution in [0.2, 0.25) is 0 Å². The number of carboxylic acids is 1.